The maximum Gasteiger partial charge on any atom is 0.160 e. The predicted octanol–water partition coefficient (Wildman–Crippen LogP) is 1.84. The van der Waals surface area contributed by atoms with Gasteiger partial charge in [0, 0.05) is 6.20 Å². The molecule has 78 valence electrons. The van der Waals surface area contributed by atoms with Gasteiger partial charge in [-0.3, -0.25) is 0 Å². The minimum absolute atomic E-state index is 0.267. The standard InChI is InChI=1S/C11H13N3O/c1-3-9-11(15)8(2)13-14(9)10-6-4-5-7-12-10/h4-7,15H,3H2,1-2H3. The Kier molecular flexibility index (Phi) is 2.41. The molecule has 0 aliphatic heterocycles. The van der Waals surface area contributed by atoms with Gasteiger partial charge in [0.1, 0.15) is 5.69 Å². The maximum atomic E-state index is 9.77. The quantitative estimate of drug-likeness (QED) is 0.810. The van der Waals surface area contributed by atoms with Crippen molar-refractivity contribution in [3.8, 4) is 11.6 Å². The third-order valence-corrected chi connectivity index (χ3v) is 2.32. The second-order valence-electron chi connectivity index (χ2n) is 3.33. The van der Waals surface area contributed by atoms with Crippen LogP contribution in [0.5, 0.6) is 5.75 Å². The largest absolute Gasteiger partial charge is 0.504 e. The van der Waals surface area contributed by atoms with Crippen molar-refractivity contribution in [3.05, 3.63) is 35.8 Å². The molecular weight excluding hydrogens is 190 g/mol. The summed E-state index contributed by atoms with van der Waals surface area (Å²) in [6, 6.07) is 5.62. The van der Waals surface area contributed by atoms with Crippen molar-refractivity contribution in [3.63, 3.8) is 0 Å². The topological polar surface area (TPSA) is 50.9 Å². The predicted molar refractivity (Wildman–Crippen MR) is 57.1 cm³/mol. The first-order valence-corrected chi connectivity index (χ1v) is 4.93. The molecule has 0 spiro atoms. The molecule has 0 radical (unpaired) electrons. The van der Waals surface area contributed by atoms with E-state index in [0.29, 0.717) is 5.69 Å². The highest BCUT2D eigenvalue weighted by Crippen LogP contribution is 2.23. The highest BCUT2D eigenvalue weighted by molar-refractivity contribution is 5.36. The molecule has 2 aromatic heterocycles. The lowest BCUT2D eigenvalue weighted by atomic mass is 10.3. The van der Waals surface area contributed by atoms with Crippen LogP contribution in [0, 0.1) is 6.92 Å². The van der Waals surface area contributed by atoms with Crippen LogP contribution >= 0.6 is 0 Å². The van der Waals surface area contributed by atoms with Gasteiger partial charge in [-0.2, -0.15) is 5.10 Å². The molecule has 0 bridgehead atoms. The fraction of sp³-hybridized carbons (Fsp3) is 0.273. The van der Waals surface area contributed by atoms with Crippen molar-refractivity contribution in [2.45, 2.75) is 20.3 Å². The molecule has 0 fully saturated rings. The molecule has 4 heteroatoms. The Morgan fingerprint density at radius 3 is 2.80 bits per heavy atom. The summed E-state index contributed by atoms with van der Waals surface area (Å²) < 4.78 is 1.69. The van der Waals surface area contributed by atoms with Crippen LogP contribution in [0.25, 0.3) is 5.82 Å². The van der Waals surface area contributed by atoms with Gasteiger partial charge < -0.3 is 5.11 Å². The Hall–Kier alpha value is -1.84. The third kappa shape index (κ3) is 1.58. The monoisotopic (exact) mass is 203 g/mol. The lowest BCUT2D eigenvalue weighted by Crippen LogP contribution is -2.03. The molecule has 0 aromatic carbocycles. The van der Waals surface area contributed by atoms with Crippen molar-refractivity contribution in [1.82, 2.24) is 14.8 Å². The second kappa shape index (κ2) is 3.73. The number of nitrogens with zero attached hydrogens (tertiary/aromatic N) is 3. The molecule has 4 nitrogen and oxygen atoms in total. The Morgan fingerprint density at radius 1 is 1.40 bits per heavy atom. The Labute approximate surface area is 88.2 Å². The van der Waals surface area contributed by atoms with Crippen LogP contribution in [0.3, 0.4) is 0 Å². The molecule has 15 heavy (non-hydrogen) atoms. The molecule has 0 aliphatic rings. The molecular formula is C11H13N3O. The minimum Gasteiger partial charge on any atom is -0.504 e. The van der Waals surface area contributed by atoms with Gasteiger partial charge in [0.15, 0.2) is 11.6 Å². The van der Waals surface area contributed by atoms with Crippen LogP contribution in [0.4, 0.5) is 0 Å². The van der Waals surface area contributed by atoms with E-state index in [0.717, 1.165) is 17.9 Å². The molecule has 0 atom stereocenters. The molecule has 0 amide bonds. The summed E-state index contributed by atoms with van der Waals surface area (Å²) in [5.41, 5.74) is 1.43. The van der Waals surface area contributed by atoms with Crippen LogP contribution in [0.15, 0.2) is 24.4 Å². The van der Waals surface area contributed by atoms with Gasteiger partial charge in [-0.05, 0) is 25.5 Å². The summed E-state index contributed by atoms with van der Waals surface area (Å²) in [4.78, 5) is 4.20. The normalized spacial score (nSPS) is 10.5. The van der Waals surface area contributed by atoms with Gasteiger partial charge in [0.25, 0.3) is 0 Å². The minimum atomic E-state index is 0.267. The Morgan fingerprint density at radius 2 is 2.20 bits per heavy atom. The zero-order valence-electron chi connectivity index (χ0n) is 8.81. The van der Waals surface area contributed by atoms with Crippen molar-refractivity contribution in [2.24, 2.45) is 0 Å². The van der Waals surface area contributed by atoms with Crippen LogP contribution in [0.2, 0.25) is 0 Å². The number of hydrogen-bond donors (Lipinski definition) is 1. The molecule has 2 rings (SSSR count). The number of pyridine rings is 1. The van der Waals surface area contributed by atoms with Crippen LogP contribution in [0.1, 0.15) is 18.3 Å². The van der Waals surface area contributed by atoms with E-state index in [-0.39, 0.29) is 5.75 Å². The summed E-state index contributed by atoms with van der Waals surface area (Å²) in [5, 5.41) is 14.0. The SMILES string of the molecule is CCc1c(O)c(C)nn1-c1ccccn1. The number of aryl methyl sites for hydroxylation is 1. The van der Waals surface area contributed by atoms with E-state index in [9.17, 15) is 5.11 Å². The average Bonchev–Trinajstić information content (AvgIpc) is 2.56. The lowest BCUT2D eigenvalue weighted by Gasteiger charge is -2.03. The first kappa shape index (κ1) is 9.71. The van der Waals surface area contributed by atoms with E-state index in [2.05, 4.69) is 10.1 Å². The first-order chi connectivity index (χ1) is 7.24. The van der Waals surface area contributed by atoms with Crippen LogP contribution < -0.4 is 0 Å². The van der Waals surface area contributed by atoms with E-state index in [4.69, 9.17) is 0 Å². The average molecular weight is 203 g/mol. The van der Waals surface area contributed by atoms with E-state index < -0.39 is 0 Å². The fourth-order valence-corrected chi connectivity index (χ4v) is 1.55. The molecule has 2 heterocycles. The van der Waals surface area contributed by atoms with Gasteiger partial charge in [-0.25, -0.2) is 9.67 Å². The van der Waals surface area contributed by atoms with Crippen molar-refractivity contribution in [1.29, 1.82) is 0 Å². The molecule has 0 unspecified atom stereocenters. The van der Waals surface area contributed by atoms with Crippen molar-refractivity contribution >= 4 is 0 Å². The van der Waals surface area contributed by atoms with E-state index in [1.54, 1.807) is 17.8 Å². The van der Waals surface area contributed by atoms with E-state index in [1.807, 2.05) is 25.1 Å². The van der Waals surface area contributed by atoms with Gasteiger partial charge in [-0.15, -0.1) is 0 Å². The zero-order chi connectivity index (χ0) is 10.8. The molecule has 2 aromatic rings. The summed E-state index contributed by atoms with van der Waals surface area (Å²) in [6.45, 7) is 3.77. The van der Waals surface area contributed by atoms with Gasteiger partial charge in [0.05, 0.1) is 5.69 Å². The molecule has 0 aliphatic carbocycles. The highest BCUT2D eigenvalue weighted by Gasteiger charge is 2.13. The summed E-state index contributed by atoms with van der Waals surface area (Å²) in [6.07, 6.45) is 2.44. The third-order valence-electron chi connectivity index (χ3n) is 2.32. The summed E-state index contributed by atoms with van der Waals surface area (Å²) in [5.74, 6) is 1.00. The highest BCUT2D eigenvalue weighted by atomic mass is 16.3. The first-order valence-electron chi connectivity index (χ1n) is 4.93. The smallest absolute Gasteiger partial charge is 0.160 e. The van der Waals surface area contributed by atoms with Gasteiger partial charge >= 0.3 is 0 Å². The maximum absolute atomic E-state index is 9.77. The number of aromatic hydroxyl groups is 1. The summed E-state index contributed by atoms with van der Waals surface area (Å²) >= 11 is 0. The van der Waals surface area contributed by atoms with Crippen molar-refractivity contribution in [2.75, 3.05) is 0 Å². The van der Waals surface area contributed by atoms with Crippen molar-refractivity contribution < 1.29 is 5.11 Å². The Bertz CT molecular complexity index is 462. The van der Waals surface area contributed by atoms with E-state index >= 15 is 0 Å². The number of rotatable bonds is 2. The zero-order valence-corrected chi connectivity index (χ0v) is 8.81. The van der Waals surface area contributed by atoms with Gasteiger partial charge in [-0.1, -0.05) is 13.0 Å². The summed E-state index contributed by atoms with van der Waals surface area (Å²) in [7, 11) is 0. The molecule has 0 saturated carbocycles. The lowest BCUT2D eigenvalue weighted by molar-refractivity contribution is 0.464. The Balaban J connectivity index is 2.58. The molecule has 1 N–H and O–H groups in total. The van der Waals surface area contributed by atoms with Gasteiger partial charge in [0.2, 0.25) is 0 Å². The number of hydrogen-bond acceptors (Lipinski definition) is 3. The second-order valence-corrected chi connectivity index (χ2v) is 3.33. The van der Waals surface area contributed by atoms with Crippen LogP contribution in [-0.2, 0) is 6.42 Å². The molecule has 0 saturated heterocycles. The number of aromatic nitrogens is 3. The van der Waals surface area contributed by atoms with Crippen LogP contribution in [-0.4, -0.2) is 19.9 Å². The van der Waals surface area contributed by atoms with E-state index in [1.165, 1.54) is 0 Å². The fourth-order valence-electron chi connectivity index (χ4n) is 1.55.